The van der Waals surface area contributed by atoms with Crippen LogP contribution in [-0.2, 0) is 17.1 Å². The molecule has 38 heavy (non-hydrogen) atoms. The Morgan fingerprint density at radius 3 is 2.68 bits per heavy atom. The number of rotatable bonds is 8. The number of benzene rings is 1. The number of aromatic nitrogens is 3. The van der Waals surface area contributed by atoms with Gasteiger partial charge in [-0.25, -0.2) is 23.4 Å². The van der Waals surface area contributed by atoms with Crippen molar-refractivity contribution in [3.63, 3.8) is 0 Å². The zero-order valence-corrected chi connectivity index (χ0v) is 22.3. The molecular formula is C27H31N7O3S. The van der Waals surface area contributed by atoms with Crippen LogP contribution in [-0.4, -0.2) is 45.5 Å². The Morgan fingerprint density at radius 2 is 2.03 bits per heavy atom. The number of pyridine rings is 1. The number of piperidine rings is 1. The summed E-state index contributed by atoms with van der Waals surface area (Å²) >= 11 is 0. The number of amidine groups is 1. The fourth-order valence-electron chi connectivity index (χ4n) is 4.71. The highest BCUT2D eigenvalue weighted by Crippen LogP contribution is 2.36. The quantitative estimate of drug-likeness (QED) is 0.333. The molecule has 3 N–H and O–H groups in total. The van der Waals surface area contributed by atoms with E-state index in [0.717, 1.165) is 29.4 Å². The Bertz CT molecular complexity index is 1510. The zero-order valence-electron chi connectivity index (χ0n) is 21.5. The maximum atomic E-state index is 12.8. The molecule has 1 aromatic carbocycles. The molecule has 1 saturated heterocycles. The molecule has 10 nitrogen and oxygen atoms in total. The Hall–Kier alpha value is -4.09. The van der Waals surface area contributed by atoms with Crippen LogP contribution in [0.2, 0.25) is 0 Å². The molecule has 11 heteroatoms. The van der Waals surface area contributed by atoms with Crippen molar-refractivity contribution in [1.82, 2.24) is 18.8 Å². The third kappa shape index (κ3) is 5.29. The molecule has 0 unspecified atom stereocenters. The maximum absolute atomic E-state index is 12.8. The second kappa shape index (κ2) is 11.1. The van der Waals surface area contributed by atoms with Gasteiger partial charge in [-0.1, -0.05) is 31.7 Å². The lowest BCUT2D eigenvalue weighted by Gasteiger charge is -2.33. The van der Waals surface area contributed by atoms with Crippen molar-refractivity contribution in [3.05, 3.63) is 90.0 Å². The molecular weight excluding hydrogens is 502 g/mol. The zero-order chi connectivity index (χ0) is 27.4. The van der Waals surface area contributed by atoms with Crippen molar-refractivity contribution in [2.24, 2.45) is 17.8 Å². The van der Waals surface area contributed by atoms with E-state index in [-0.39, 0.29) is 11.7 Å². The van der Waals surface area contributed by atoms with Gasteiger partial charge in [0.15, 0.2) is 0 Å². The molecule has 4 rings (SSSR count). The summed E-state index contributed by atoms with van der Waals surface area (Å²) < 4.78 is 28.8. The summed E-state index contributed by atoms with van der Waals surface area (Å²) in [6.45, 7) is 9.40. The number of hydrogen-bond acceptors (Lipinski definition) is 6. The molecule has 3 aromatic rings. The first-order valence-electron chi connectivity index (χ1n) is 12.2. The maximum Gasteiger partial charge on any atom is 0.256 e. The van der Waals surface area contributed by atoms with E-state index in [1.54, 1.807) is 54.2 Å². The number of nitrogens with two attached hydrogens (primary N) is 1. The Kier molecular flexibility index (Phi) is 7.88. The van der Waals surface area contributed by atoms with Crippen molar-refractivity contribution >= 4 is 27.6 Å². The van der Waals surface area contributed by atoms with Gasteiger partial charge in [0.25, 0.3) is 5.91 Å². The minimum Gasteiger partial charge on any atom is -0.382 e. The molecule has 1 amide bonds. The largest absolute Gasteiger partial charge is 0.382 e. The van der Waals surface area contributed by atoms with Crippen molar-refractivity contribution in [3.8, 4) is 11.3 Å². The lowest BCUT2D eigenvalue weighted by Crippen LogP contribution is -2.38. The van der Waals surface area contributed by atoms with Gasteiger partial charge in [-0.3, -0.25) is 4.79 Å². The van der Waals surface area contributed by atoms with E-state index in [1.165, 1.54) is 10.5 Å². The van der Waals surface area contributed by atoms with E-state index < -0.39 is 16.1 Å². The number of hydrogen-bond donors (Lipinski definition) is 2. The first-order valence-corrected chi connectivity index (χ1v) is 13.7. The minimum atomic E-state index is -3.67. The van der Waals surface area contributed by atoms with Crippen molar-refractivity contribution in [2.75, 3.05) is 11.9 Å². The van der Waals surface area contributed by atoms with E-state index in [0.29, 0.717) is 41.6 Å². The molecule has 0 saturated carbocycles. The van der Waals surface area contributed by atoms with E-state index in [2.05, 4.69) is 28.5 Å². The number of nitrogens with zero attached hydrogens (tertiary/aromatic N) is 5. The predicted octanol–water partition coefficient (Wildman–Crippen LogP) is 3.89. The standard InChI is InChI=1S/C27H31N7O3S/c1-5-29-25(28)24-23(32-26(33(24)4)21-11-8-10-16-34(21)38(36,37)6-2)20-14-13-19(17-18(20)3)27(35)31-22-12-7-9-15-30-22/h5-7,9,12-15,17,21H,1-2,8,10-11,16H2,3-4H3,(H2,28,29)(H,30,31,35)/t21-/m0/s1. The summed E-state index contributed by atoms with van der Waals surface area (Å²) in [4.78, 5) is 26.0. The summed E-state index contributed by atoms with van der Waals surface area (Å²) in [6.07, 6.45) is 5.18. The third-order valence-electron chi connectivity index (χ3n) is 6.54. The Labute approximate surface area is 222 Å². The highest BCUT2D eigenvalue weighted by atomic mass is 32.2. The summed E-state index contributed by atoms with van der Waals surface area (Å²) in [6, 6.07) is 10.1. The first kappa shape index (κ1) is 27.0. The highest BCUT2D eigenvalue weighted by molar-refractivity contribution is 7.92. The number of imidazole rings is 1. The molecule has 0 bridgehead atoms. The van der Waals surface area contributed by atoms with Gasteiger partial charge in [0, 0.05) is 42.5 Å². The van der Waals surface area contributed by atoms with Crippen molar-refractivity contribution in [2.45, 2.75) is 32.2 Å². The van der Waals surface area contributed by atoms with Crippen LogP contribution in [0.25, 0.3) is 11.3 Å². The van der Waals surface area contributed by atoms with E-state index in [1.807, 2.05) is 6.92 Å². The summed E-state index contributed by atoms with van der Waals surface area (Å²) in [7, 11) is -1.87. The number of aliphatic imine (C=N–C) groups is 1. The SMILES string of the molecule is C=C/N=C(/N)c1c(-c2ccc(C(=O)Nc3ccccn3)cc2C)nc([C@@H]2CCCCN2S(=O)(=O)C=C)n1C. The van der Waals surface area contributed by atoms with Gasteiger partial charge in [-0.05, 0) is 49.6 Å². The Morgan fingerprint density at radius 1 is 1.24 bits per heavy atom. The fraction of sp³-hybridized carbons (Fsp3) is 0.259. The molecule has 3 heterocycles. The number of anilines is 1. The number of aryl methyl sites for hydroxylation is 1. The predicted molar refractivity (Wildman–Crippen MR) is 149 cm³/mol. The average Bonchev–Trinajstić information content (AvgIpc) is 3.25. The smallest absolute Gasteiger partial charge is 0.256 e. The van der Waals surface area contributed by atoms with Gasteiger partial charge in [0.05, 0.1) is 6.04 Å². The van der Waals surface area contributed by atoms with E-state index >= 15 is 0 Å². The number of nitrogens with one attached hydrogen (secondary N) is 1. The van der Waals surface area contributed by atoms with Crippen LogP contribution >= 0.6 is 0 Å². The lowest BCUT2D eigenvalue weighted by molar-refractivity contribution is 0.102. The van der Waals surface area contributed by atoms with Crippen LogP contribution in [0, 0.1) is 6.92 Å². The van der Waals surface area contributed by atoms with Crippen LogP contribution in [0.5, 0.6) is 0 Å². The molecule has 198 valence electrons. The fourth-order valence-corrected chi connectivity index (χ4v) is 5.84. The van der Waals surface area contributed by atoms with Gasteiger partial charge >= 0.3 is 0 Å². The molecule has 0 spiro atoms. The summed E-state index contributed by atoms with van der Waals surface area (Å²) in [5.41, 5.74) is 9.41. The van der Waals surface area contributed by atoms with Crippen LogP contribution < -0.4 is 11.1 Å². The molecule has 1 aliphatic rings. The van der Waals surface area contributed by atoms with Gasteiger partial charge in [0.2, 0.25) is 10.0 Å². The summed E-state index contributed by atoms with van der Waals surface area (Å²) in [5.74, 6) is 0.913. The normalized spacial score (nSPS) is 16.7. The van der Waals surface area contributed by atoms with Crippen LogP contribution in [0.3, 0.4) is 0 Å². The molecule has 0 radical (unpaired) electrons. The second-order valence-electron chi connectivity index (χ2n) is 8.96. The highest BCUT2D eigenvalue weighted by Gasteiger charge is 2.36. The molecule has 1 atom stereocenters. The van der Waals surface area contributed by atoms with Gasteiger partial charge in [-0.15, -0.1) is 0 Å². The van der Waals surface area contributed by atoms with Gasteiger partial charge < -0.3 is 15.6 Å². The van der Waals surface area contributed by atoms with Crippen molar-refractivity contribution < 1.29 is 13.2 Å². The van der Waals surface area contributed by atoms with Crippen LogP contribution in [0.4, 0.5) is 5.82 Å². The Balaban J connectivity index is 1.79. The average molecular weight is 534 g/mol. The topological polar surface area (TPSA) is 136 Å². The second-order valence-corrected chi connectivity index (χ2v) is 10.8. The molecule has 1 fully saturated rings. The van der Waals surface area contributed by atoms with E-state index in [9.17, 15) is 13.2 Å². The molecule has 1 aliphatic heterocycles. The summed E-state index contributed by atoms with van der Waals surface area (Å²) in [5, 5.41) is 3.76. The molecule has 2 aromatic heterocycles. The van der Waals surface area contributed by atoms with Gasteiger partial charge in [-0.2, -0.15) is 4.31 Å². The van der Waals surface area contributed by atoms with Crippen molar-refractivity contribution in [1.29, 1.82) is 0 Å². The number of carbonyl (C=O) groups excluding carboxylic acids is 1. The number of carbonyl (C=O) groups is 1. The van der Waals surface area contributed by atoms with Gasteiger partial charge in [0.1, 0.15) is 28.9 Å². The number of sulfonamides is 1. The lowest BCUT2D eigenvalue weighted by atomic mass is 10.0. The minimum absolute atomic E-state index is 0.196. The third-order valence-corrected chi connectivity index (χ3v) is 8.05. The monoisotopic (exact) mass is 533 g/mol. The van der Waals surface area contributed by atoms with E-state index in [4.69, 9.17) is 10.7 Å². The van der Waals surface area contributed by atoms with Crippen LogP contribution in [0.1, 0.15) is 52.7 Å². The molecule has 0 aliphatic carbocycles. The van der Waals surface area contributed by atoms with Crippen LogP contribution in [0.15, 0.2) is 72.4 Å². The first-order chi connectivity index (χ1) is 18.2. The number of amides is 1.